The lowest BCUT2D eigenvalue weighted by Crippen LogP contribution is -2.22. The lowest BCUT2D eigenvalue weighted by molar-refractivity contribution is 0.669. The number of hydrogen-bond acceptors (Lipinski definition) is 4. The number of hydrogen-bond donors (Lipinski definition) is 0. The third kappa shape index (κ3) is 1.59. The van der Waals surface area contributed by atoms with E-state index in [1.807, 2.05) is 0 Å². The van der Waals surface area contributed by atoms with Crippen LogP contribution in [-0.4, -0.2) is 21.1 Å². The Kier molecular flexibility index (Phi) is 2.88. The van der Waals surface area contributed by atoms with E-state index >= 15 is 0 Å². The van der Waals surface area contributed by atoms with Gasteiger partial charge in [0.15, 0.2) is 5.16 Å². The zero-order valence-corrected chi connectivity index (χ0v) is 9.87. The zero-order chi connectivity index (χ0) is 10.1. The largest absolute Gasteiger partial charge is 0.290 e. The number of aromatic nitrogens is 2. The molecule has 76 valence electrons. The van der Waals surface area contributed by atoms with Crippen LogP contribution in [0.3, 0.4) is 0 Å². The van der Waals surface area contributed by atoms with Crippen LogP contribution in [0.4, 0.5) is 0 Å². The van der Waals surface area contributed by atoms with Gasteiger partial charge in [-0.1, -0.05) is 18.7 Å². The Morgan fingerprint density at radius 3 is 3.14 bits per heavy atom. The second-order valence-corrected chi connectivity index (χ2v) is 5.40. The summed E-state index contributed by atoms with van der Waals surface area (Å²) in [6.07, 6.45) is 0.938. The van der Waals surface area contributed by atoms with Crippen LogP contribution in [0.2, 0.25) is 0 Å². The van der Waals surface area contributed by atoms with Crippen LogP contribution in [0.15, 0.2) is 14.8 Å². The first-order chi connectivity index (χ1) is 6.74. The average molecular weight is 228 g/mol. The van der Waals surface area contributed by atoms with Gasteiger partial charge in [-0.25, -0.2) is 4.98 Å². The fraction of sp³-hybridized carbons (Fsp3) is 0.556. The Bertz CT molecular complexity index is 414. The Morgan fingerprint density at radius 1 is 1.64 bits per heavy atom. The van der Waals surface area contributed by atoms with Crippen molar-refractivity contribution in [2.24, 2.45) is 7.05 Å². The van der Waals surface area contributed by atoms with Crippen molar-refractivity contribution in [3.8, 4) is 0 Å². The minimum absolute atomic E-state index is 0.119. The Labute approximate surface area is 91.3 Å². The van der Waals surface area contributed by atoms with E-state index < -0.39 is 0 Å². The van der Waals surface area contributed by atoms with Gasteiger partial charge in [0, 0.05) is 19.2 Å². The summed E-state index contributed by atoms with van der Waals surface area (Å²) in [4.78, 5) is 17.2. The third-order valence-corrected chi connectivity index (χ3v) is 4.16. The first kappa shape index (κ1) is 10.1. The maximum Gasteiger partial charge on any atom is 0.267 e. The SMILES string of the molecule is CCSc1nc2c(c(=O)n1C)SCC2. The highest BCUT2D eigenvalue weighted by Crippen LogP contribution is 2.27. The summed E-state index contributed by atoms with van der Waals surface area (Å²) >= 11 is 3.26. The highest BCUT2D eigenvalue weighted by atomic mass is 32.2. The highest BCUT2D eigenvalue weighted by Gasteiger charge is 2.19. The molecule has 0 spiro atoms. The summed E-state index contributed by atoms with van der Waals surface area (Å²) in [7, 11) is 1.80. The van der Waals surface area contributed by atoms with E-state index in [1.165, 1.54) is 0 Å². The fourth-order valence-electron chi connectivity index (χ4n) is 1.43. The summed E-state index contributed by atoms with van der Waals surface area (Å²) in [5.74, 6) is 1.95. The molecule has 0 saturated carbocycles. The molecule has 0 unspecified atom stereocenters. The molecule has 1 aliphatic rings. The zero-order valence-electron chi connectivity index (χ0n) is 8.24. The lowest BCUT2D eigenvalue weighted by atomic mass is 10.3. The predicted molar refractivity (Wildman–Crippen MR) is 60.3 cm³/mol. The number of nitrogens with zero attached hydrogens (tertiary/aromatic N) is 2. The second kappa shape index (κ2) is 3.98. The van der Waals surface area contributed by atoms with Gasteiger partial charge >= 0.3 is 0 Å². The molecule has 2 heterocycles. The topological polar surface area (TPSA) is 34.9 Å². The Morgan fingerprint density at radius 2 is 2.43 bits per heavy atom. The van der Waals surface area contributed by atoms with Crippen molar-refractivity contribution in [3.05, 3.63) is 16.0 Å². The van der Waals surface area contributed by atoms with Crippen molar-refractivity contribution in [2.75, 3.05) is 11.5 Å². The van der Waals surface area contributed by atoms with Gasteiger partial charge in [-0.15, -0.1) is 11.8 Å². The van der Waals surface area contributed by atoms with Crippen molar-refractivity contribution in [2.45, 2.75) is 23.4 Å². The molecular formula is C9H12N2OS2. The molecule has 0 fully saturated rings. The molecule has 1 aromatic rings. The first-order valence-corrected chi connectivity index (χ1v) is 6.56. The molecule has 0 amide bonds. The standard InChI is InChI=1S/C9H12N2OS2/c1-3-13-9-10-6-4-5-14-7(6)8(12)11(9)2/h3-5H2,1-2H3. The van der Waals surface area contributed by atoms with E-state index in [9.17, 15) is 4.79 Å². The van der Waals surface area contributed by atoms with Gasteiger partial charge < -0.3 is 0 Å². The van der Waals surface area contributed by atoms with E-state index in [2.05, 4.69) is 11.9 Å². The van der Waals surface area contributed by atoms with Crippen LogP contribution in [-0.2, 0) is 13.5 Å². The van der Waals surface area contributed by atoms with Gasteiger partial charge in [-0.05, 0) is 5.75 Å². The van der Waals surface area contributed by atoms with Crippen LogP contribution in [0, 0.1) is 0 Å². The number of fused-ring (bicyclic) bond motifs is 1. The summed E-state index contributed by atoms with van der Waals surface area (Å²) < 4.78 is 1.66. The fourth-order valence-corrected chi connectivity index (χ4v) is 3.21. The summed E-state index contributed by atoms with van der Waals surface area (Å²) in [5, 5.41) is 0.846. The van der Waals surface area contributed by atoms with Crippen molar-refractivity contribution < 1.29 is 0 Å². The van der Waals surface area contributed by atoms with Gasteiger partial charge in [0.05, 0.1) is 10.6 Å². The first-order valence-electron chi connectivity index (χ1n) is 4.59. The molecule has 0 atom stereocenters. The summed E-state index contributed by atoms with van der Waals surface area (Å²) in [5.41, 5.74) is 1.11. The number of aryl methyl sites for hydroxylation is 1. The predicted octanol–water partition coefficient (Wildman–Crippen LogP) is 1.54. The summed E-state index contributed by atoms with van der Waals surface area (Å²) in [6.45, 7) is 2.07. The Hall–Kier alpha value is -0.420. The van der Waals surface area contributed by atoms with Gasteiger partial charge in [0.25, 0.3) is 5.56 Å². The lowest BCUT2D eigenvalue weighted by Gasteiger charge is -2.07. The molecule has 0 saturated heterocycles. The molecule has 1 aliphatic heterocycles. The average Bonchev–Trinajstić information content (AvgIpc) is 2.62. The monoisotopic (exact) mass is 228 g/mol. The van der Waals surface area contributed by atoms with Crippen LogP contribution in [0.25, 0.3) is 0 Å². The van der Waals surface area contributed by atoms with Gasteiger partial charge in [0.1, 0.15) is 0 Å². The number of rotatable bonds is 2. The molecule has 3 nitrogen and oxygen atoms in total. The number of thioether (sulfide) groups is 2. The van der Waals surface area contributed by atoms with E-state index in [4.69, 9.17) is 0 Å². The van der Waals surface area contributed by atoms with Crippen molar-refractivity contribution >= 4 is 23.5 Å². The molecular weight excluding hydrogens is 216 g/mol. The van der Waals surface area contributed by atoms with Crippen LogP contribution in [0.1, 0.15) is 12.6 Å². The molecule has 0 N–H and O–H groups in total. The molecule has 0 aromatic carbocycles. The highest BCUT2D eigenvalue weighted by molar-refractivity contribution is 7.99. The van der Waals surface area contributed by atoms with Gasteiger partial charge in [-0.2, -0.15) is 0 Å². The minimum Gasteiger partial charge on any atom is -0.290 e. The molecule has 2 rings (SSSR count). The van der Waals surface area contributed by atoms with Gasteiger partial charge in [0.2, 0.25) is 0 Å². The van der Waals surface area contributed by atoms with E-state index in [1.54, 1.807) is 35.1 Å². The van der Waals surface area contributed by atoms with E-state index in [0.29, 0.717) is 0 Å². The van der Waals surface area contributed by atoms with E-state index in [0.717, 1.165) is 33.7 Å². The van der Waals surface area contributed by atoms with Crippen LogP contribution < -0.4 is 5.56 Å². The maximum absolute atomic E-state index is 11.8. The molecule has 14 heavy (non-hydrogen) atoms. The Balaban J connectivity index is 2.55. The second-order valence-electron chi connectivity index (χ2n) is 3.07. The minimum atomic E-state index is 0.119. The van der Waals surface area contributed by atoms with Crippen molar-refractivity contribution in [3.63, 3.8) is 0 Å². The van der Waals surface area contributed by atoms with Crippen LogP contribution >= 0.6 is 23.5 Å². The normalized spacial score (nSPS) is 14.4. The quantitative estimate of drug-likeness (QED) is 0.568. The van der Waals surface area contributed by atoms with E-state index in [-0.39, 0.29) is 5.56 Å². The smallest absolute Gasteiger partial charge is 0.267 e. The summed E-state index contributed by atoms with van der Waals surface area (Å²) in [6, 6.07) is 0. The van der Waals surface area contributed by atoms with Crippen molar-refractivity contribution in [1.82, 2.24) is 9.55 Å². The molecule has 0 radical (unpaired) electrons. The molecule has 0 bridgehead atoms. The van der Waals surface area contributed by atoms with Crippen LogP contribution in [0.5, 0.6) is 0 Å². The maximum atomic E-state index is 11.8. The van der Waals surface area contributed by atoms with Crippen molar-refractivity contribution in [1.29, 1.82) is 0 Å². The molecule has 5 heteroatoms. The molecule has 1 aromatic heterocycles. The van der Waals surface area contributed by atoms with Gasteiger partial charge in [-0.3, -0.25) is 9.36 Å². The third-order valence-electron chi connectivity index (χ3n) is 2.14. The molecule has 0 aliphatic carbocycles.